The number of nitrogens with zero attached hydrogens (tertiary/aromatic N) is 2. The predicted octanol–water partition coefficient (Wildman–Crippen LogP) is 2.00. The Morgan fingerprint density at radius 2 is 1.94 bits per heavy atom. The fraction of sp³-hybridized carbons (Fsp3) is 0.385. The molecule has 1 unspecified atom stereocenters. The number of aromatic nitrogens is 2. The van der Waals surface area contributed by atoms with Crippen LogP contribution in [0.3, 0.4) is 0 Å². The highest BCUT2D eigenvalue weighted by Crippen LogP contribution is 2.21. The van der Waals surface area contributed by atoms with Crippen LogP contribution in [0.1, 0.15) is 23.0 Å². The molecule has 5 heteroatoms. The van der Waals surface area contributed by atoms with Crippen LogP contribution in [0.5, 0.6) is 0 Å². The molecule has 0 radical (unpaired) electrons. The molecule has 1 atom stereocenters. The smallest absolute Gasteiger partial charge is 0.258 e. The highest BCUT2D eigenvalue weighted by molar-refractivity contribution is 5.55. The molecule has 1 aromatic heterocycles. The van der Waals surface area contributed by atoms with Gasteiger partial charge in [-0.25, -0.2) is 0 Å². The molecular weight excluding hydrogens is 230 g/mol. The Hall–Kier alpha value is -1.72. The van der Waals surface area contributed by atoms with E-state index < -0.39 is 0 Å². The zero-order chi connectivity index (χ0) is 13.1. The molecule has 5 nitrogen and oxygen atoms in total. The SMILES string of the molecule is COCC(N)c1noc(-c2cc(C)cc(C)c2)n1. The van der Waals surface area contributed by atoms with Crippen molar-refractivity contribution in [2.75, 3.05) is 13.7 Å². The summed E-state index contributed by atoms with van der Waals surface area (Å²) in [6.07, 6.45) is 0. The van der Waals surface area contributed by atoms with Gasteiger partial charge in [0.05, 0.1) is 12.6 Å². The molecular formula is C13H17N3O2. The molecule has 0 saturated heterocycles. The van der Waals surface area contributed by atoms with E-state index in [2.05, 4.69) is 16.2 Å². The Bertz CT molecular complexity index is 517. The first-order chi connectivity index (χ1) is 8.60. The molecule has 0 fully saturated rings. The summed E-state index contributed by atoms with van der Waals surface area (Å²) in [5.74, 6) is 0.953. The minimum Gasteiger partial charge on any atom is -0.383 e. The monoisotopic (exact) mass is 247 g/mol. The van der Waals surface area contributed by atoms with Crippen LogP contribution in [0.25, 0.3) is 11.5 Å². The van der Waals surface area contributed by atoms with Gasteiger partial charge in [-0.2, -0.15) is 4.98 Å². The van der Waals surface area contributed by atoms with E-state index in [4.69, 9.17) is 15.0 Å². The highest BCUT2D eigenvalue weighted by Gasteiger charge is 2.15. The van der Waals surface area contributed by atoms with Crippen molar-refractivity contribution in [3.63, 3.8) is 0 Å². The van der Waals surface area contributed by atoms with Gasteiger partial charge in [0.2, 0.25) is 0 Å². The second kappa shape index (κ2) is 5.29. The molecule has 0 bridgehead atoms. The molecule has 0 spiro atoms. The van der Waals surface area contributed by atoms with Gasteiger partial charge < -0.3 is 15.0 Å². The van der Waals surface area contributed by atoms with Crippen LogP contribution in [-0.2, 0) is 4.74 Å². The van der Waals surface area contributed by atoms with Crippen molar-refractivity contribution in [1.29, 1.82) is 0 Å². The van der Waals surface area contributed by atoms with Crippen LogP contribution in [0.15, 0.2) is 22.7 Å². The quantitative estimate of drug-likeness (QED) is 0.894. The standard InChI is InChI=1S/C13H17N3O2/c1-8-4-9(2)6-10(5-8)13-15-12(16-18-13)11(14)7-17-3/h4-6,11H,7,14H2,1-3H3. The fourth-order valence-electron chi connectivity index (χ4n) is 1.85. The number of hydrogen-bond donors (Lipinski definition) is 1. The van der Waals surface area contributed by atoms with Crippen molar-refractivity contribution in [3.8, 4) is 11.5 Å². The number of ether oxygens (including phenoxy) is 1. The summed E-state index contributed by atoms with van der Waals surface area (Å²) in [4.78, 5) is 4.30. The molecule has 1 aromatic carbocycles. The minimum absolute atomic E-state index is 0.363. The third-order valence-corrected chi connectivity index (χ3v) is 2.59. The number of benzene rings is 1. The van der Waals surface area contributed by atoms with Gasteiger partial charge in [-0.05, 0) is 26.0 Å². The first-order valence-electron chi connectivity index (χ1n) is 5.77. The van der Waals surface area contributed by atoms with Crippen LogP contribution >= 0.6 is 0 Å². The third-order valence-electron chi connectivity index (χ3n) is 2.59. The fourth-order valence-corrected chi connectivity index (χ4v) is 1.85. The van der Waals surface area contributed by atoms with Crippen LogP contribution in [0.4, 0.5) is 0 Å². The summed E-state index contributed by atoms with van der Waals surface area (Å²) in [6.45, 7) is 4.43. The lowest BCUT2D eigenvalue weighted by molar-refractivity contribution is 0.177. The molecule has 0 saturated carbocycles. The molecule has 0 aliphatic rings. The summed E-state index contributed by atoms with van der Waals surface area (Å²) < 4.78 is 10.2. The van der Waals surface area contributed by atoms with Gasteiger partial charge in [0.1, 0.15) is 0 Å². The Morgan fingerprint density at radius 3 is 2.56 bits per heavy atom. The average molecular weight is 247 g/mol. The highest BCUT2D eigenvalue weighted by atomic mass is 16.5. The number of aryl methyl sites for hydroxylation is 2. The lowest BCUT2D eigenvalue weighted by Gasteiger charge is -2.03. The molecule has 18 heavy (non-hydrogen) atoms. The summed E-state index contributed by atoms with van der Waals surface area (Å²) in [6, 6.07) is 5.74. The zero-order valence-corrected chi connectivity index (χ0v) is 10.8. The normalized spacial score (nSPS) is 12.7. The minimum atomic E-state index is -0.363. The Kier molecular flexibility index (Phi) is 3.74. The maximum atomic E-state index is 5.85. The first-order valence-corrected chi connectivity index (χ1v) is 5.77. The van der Waals surface area contributed by atoms with Crippen molar-refractivity contribution in [2.45, 2.75) is 19.9 Å². The van der Waals surface area contributed by atoms with Crippen molar-refractivity contribution >= 4 is 0 Å². The van der Waals surface area contributed by atoms with Crippen LogP contribution < -0.4 is 5.73 Å². The van der Waals surface area contributed by atoms with Crippen molar-refractivity contribution in [2.24, 2.45) is 5.73 Å². The Balaban J connectivity index is 2.29. The molecule has 2 N–H and O–H groups in total. The molecule has 2 rings (SSSR count). The molecule has 0 amide bonds. The predicted molar refractivity (Wildman–Crippen MR) is 68.0 cm³/mol. The molecule has 0 aliphatic carbocycles. The summed E-state index contributed by atoms with van der Waals surface area (Å²) in [7, 11) is 1.59. The van der Waals surface area contributed by atoms with Gasteiger partial charge in [-0.1, -0.05) is 22.3 Å². The van der Waals surface area contributed by atoms with Gasteiger partial charge in [-0.15, -0.1) is 0 Å². The van der Waals surface area contributed by atoms with Crippen molar-refractivity contribution in [1.82, 2.24) is 10.1 Å². The van der Waals surface area contributed by atoms with Gasteiger partial charge in [0.15, 0.2) is 5.82 Å². The zero-order valence-electron chi connectivity index (χ0n) is 10.8. The van der Waals surface area contributed by atoms with Gasteiger partial charge in [-0.3, -0.25) is 0 Å². The molecule has 2 aromatic rings. The van der Waals surface area contributed by atoms with E-state index in [-0.39, 0.29) is 6.04 Å². The van der Waals surface area contributed by atoms with Crippen molar-refractivity contribution < 1.29 is 9.26 Å². The van der Waals surface area contributed by atoms with E-state index >= 15 is 0 Å². The molecule has 96 valence electrons. The first kappa shape index (κ1) is 12.7. The van der Waals surface area contributed by atoms with Crippen molar-refractivity contribution in [3.05, 3.63) is 35.2 Å². The number of hydrogen-bond acceptors (Lipinski definition) is 5. The van der Waals surface area contributed by atoms with E-state index in [1.807, 2.05) is 26.0 Å². The maximum absolute atomic E-state index is 5.85. The van der Waals surface area contributed by atoms with E-state index in [1.54, 1.807) is 7.11 Å². The van der Waals surface area contributed by atoms with E-state index in [1.165, 1.54) is 0 Å². The summed E-state index contributed by atoms with van der Waals surface area (Å²) in [5.41, 5.74) is 9.08. The maximum Gasteiger partial charge on any atom is 0.258 e. The average Bonchev–Trinajstić information content (AvgIpc) is 2.77. The Morgan fingerprint density at radius 1 is 1.28 bits per heavy atom. The van der Waals surface area contributed by atoms with Gasteiger partial charge >= 0.3 is 0 Å². The van der Waals surface area contributed by atoms with Crippen LogP contribution in [-0.4, -0.2) is 23.9 Å². The molecule has 0 aliphatic heterocycles. The van der Waals surface area contributed by atoms with Gasteiger partial charge in [0, 0.05) is 12.7 Å². The number of nitrogens with two attached hydrogens (primary N) is 1. The summed E-state index contributed by atoms with van der Waals surface area (Å²) >= 11 is 0. The largest absolute Gasteiger partial charge is 0.383 e. The lowest BCUT2D eigenvalue weighted by atomic mass is 10.1. The number of rotatable bonds is 4. The van der Waals surface area contributed by atoms with E-state index in [0.717, 1.165) is 16.7 Å². The topological polar surface area (TPSA) is 74.2 Å². The van der Waals surface area contributed by atoms with E-state index in [0.29, 0.717) is 18.3 Å². The number of methoxy groups -OCH3 is 1. The summed E-state index contributed by atoms with van der Waals surface area (Å²) in [5, 5.41) is 3.88. The lowest BCUT2D eigenvalue weighted by Crippen LogP contribution is -2.17. The van der Waals surface area contributed by atoms with Crippen LogP contribution in [0, 0.1) is 13.8 Å². The Labute approximate surface area is 106 Å². The third kappa shape index (κ3) is 2.75. The molecule has 1 heterocycles. The second-order valence-electron chi connectivity index (χ2n) is 4.40. The van der Waals surface area contributed by atoms with Gasteiger partial charge in [0.25, 0.3) is 5.89 Å². The van der Waals surface area contributed by atoms with E-state index in [9.17, 15) is 0 Å². The second-order valence-corrected chi connectivity index (χ2v) is 4.40. The van der Waals surface area contributed by atoms with Crippen LogP contribution in [0.2, 0.25) is 0 Å².